The molecule has 7 heteroatoms. The molecule has 2 heterocycles. The van der Waals surface area contributed by atoms with E-state index in [4.69, 9.17) is 15.0 Å². The van der Waals surface area contributed by atoms with E-state index < -0.39 is 0 Å². The smallest absolute Gasteiger partial charge is 0.258 e. The first-order valence-electron chi connectivity index (χ1n) is 6.33. The Hall–Kier alpha value is -1.99. The van der Waals surface area contributed by atoms with Gasteiger partial charge in [0.05, 0.1) is 10.2 Å². The van der Waals surface area contributed by atoms with Crippen molar-refractivity contribution < 1.29 is 9.26 Å². The van der Waals surface area contributed by atoms with Crippen molar-refractivity contribution in [1.82, 2.24) is 15.1 Å². The largest absolute Gasteiger partial charge is 0.375 e. The highest BCUT2D eigenvalue weighted by Gasteiger charge is 2.10. The van der Waals surface area contributed by atoms with Gasteiger partial charge in [-0.3, -0.25) is 0 Å². The summed E-state index contributed by atoms with van der Waals surface area (Å²) in [5.74, 6) is 1.03. The second-order valence-corrected chi connectivity index (χ2v) is 5.37. The maximum absolute atomic E-state index is 5.69. The van der Waals surface area contributed by atoms with Crippen LogP contribution >= 0.6 is 11.3 Å². The van der Waals surface area contributed by atoms with Crippen LogP contribution in [-0.2, 0) is 11.3 Å². The minimum atomic E-state index is 0.368. The molecule has 2 N–H and O–H groups in total. The van der Waals surface area contributed by atoms with E-state index in [1.54, 1.807) is 0 Å². The molecular weight excluding hydrogens is 276 g/mol. The van der Waals surface area contributed by atoms with Crippen molar-refractivity contribution in [2.45, 2.75) is 20.0 Å². The molecule has 0 unspecified atom stereocenters. The number of hydrogen-bond acceptors (Lipinski definition) is 7. The number of benzene rings is 1. The molecule has 20 heavy (non-hydrogen) atoms. The van der Waals surface area contributed by atoms with Gasteiger partial charge in [0.15, 0.2) is 11.0 Å². The Bertz CT molecular complexity index is 722. The number of thiazole rings is 1. The highest BCUT2D eigenvalue weighted by Crippen LogP contribution is 2.28. The highest BCUT2D eigenvalue weighted by atomic mass is 32.1. The number of anilines is 1. The lowest BCUT2D eigenvalue weighted by Gasteiger charge is -1.95. The van der Waals surface area contributed by atoms with E-state index in [2.05, 4.69) is 22.0 Å². The minimum absolute atomic E-state index is 0.368. The molecule has 3 aromatic rings. The van der Waals surface area contributed by atoms with Gasteiger partial charge in [-0.15, -0.1) is 0 Å². The molecule has 3 rings (SSSR count). The summed E-state index contributed by atoms with van der Waals surface area (Å²) in [4.78, 5) is 8.53. The van der Waals surface area contributed by atoms with Crippen LogP contribution < -0.4 is 5.73 Å². The van der Waals surface area contributed by atoms with Crippen LogP contribution in [-0.4, -0.2) is 21.7 Å². The van der Waals surface area contributed by atoms with Gasteiger partial charge in [0.25, 0.3) is 5.89 Å². The van der Waals surface area contributed by atoms with Gasteiger partial charge >= 0.3 is 0 Å². The average molecular weight is 290 g/mol. The second-order valence-electron chi connectivity index (χ2n) is 4.30. The van der Waals surface area contributed by atoms with Crippen LogP contribution in [0.3, 0.4) is 0 Å². The maximum atomic E-state index is 5.69. The lowest BCUT2D eigenvalue weighted by molar-refractivity contribution is 0.114. The van der Waals surface area contributed by atoms with Gasteiger partial charge in [-0.05, 0) is 24.6 Å². The zero-order valence-electron chi connectivity index (χ0n) is 11.0. The Morgan fingerprint density at radius 3 is 3.10 bits per heavy atom. The van der Waals surface area contributed by atoms with Crippen molar-refractivity contribution in [1.29, 1.82) is 0 Å². The Balaban J connectivity index is 1.83. The molecule has 0 amide bonds. The molecule has 104 valence electrons. The van der Waals surface area contributed by atoms with Gasteiger partial charge in [-0.2, -0.15) is 4.98 Å². The van der Waals surface area contributed by atoms with E-state index in [1.165, 1.54) is 11.3 Å². The zero-order valence-corrected chi connectivity index (χ0v) is 11.8. The summed E-state index contributed by atoms with van der Waals surface area (Å²) in [5.41, 5.74) is 7.42. The number of ether oxygens (including phenoxy) is 1. The third-order valence-electron chi connectivity index (χ3n) is 2.70. The van der Waals surface area contributed by atoms with Crippen molar-refractivity contribution in [2.75, 3.05) is 12.3 Å². The van der Waals surface area contributed by atoms with E-state index in [-0.39, 0.29) is 0 Å². The van der Waals surface area contributed by atoms with E-state index >= 15 is 0 Å². The Labute approximate surface area is 119 Å². The summed E-state index contributed by atoms with van der Waals surface area (Å²) in [6.45, 7) is 3.11. The first-order chi connectivity index (χ1) is 9.76. The monoisotopic (exact) mass is 290 g/mol. The zero-order chi connectivity index (χ0) is 13.9. The molecule has 0 aliphatic carbocycles. The summed E-state index contributed by atoms with van der Waals surface area (Å²) < 4.78 is 11.6. The summed E-state index contributed by atoms with van der Waals surface area (Å²) in [6.07, 6.45) is 0.966. The number of nitrogen functional groups attached to an aromatic ring is 1. The molecule has 0 spiro atoms. The first kappa shape index (κ1) is 13.0. The van der Waals surface area contributed by atoms with Crippen molar-refractivity contribution in [3.8, 4) is 11.5 Å². The molecule has 0 radical (unpaired) electrons. The molecular formula is C13H14N4O2S. The average Bonchev–Trinajstić information content (AvgIpc) is 3.03. The summed E-state index contributed by atoms with van der Waals surface area (Å²) in [6, 6.07) is 5.74. The van der Waals surface area contributed by atoms with Crippen LogP contribution in [0.1, 0.15) is 19.2 Å². The van der Waals surface area contributed by atoms with Gasteiger partial charge in [0.2, 0.25) is 0 Å². The number of nitrogens with zero attached hydrogens (tertiary/aromatic N) is 3. The number of fused-ring (bicyclic) bond motifs is 1. The van der Waals surface area contributed by atoms with Gasteiger partial charge < -0.3 is 15.0 Å². The number of nitrogens with two attached hydrogens (primary N) is 1. The molecule has 0 aliphatic heterocycles. The fourth-order valence-electron chi connectivity index (χ4n) is 1.81. The second kappa shape index (κ2) is 5.56. The quantitative estimate of drug-likeness (QED) is 0.727. The number of aromatic nitrogens is 3. The summed E-state index contributed by atoms with van der Waals surface area (Å²) in [5, 5.41) is 4.45. The van der Waals surface area contributed by atoms with Crippen LogP contribution in [0.4, 0.5) is 5.13 Å². The Morgan fingerprint density at radius 1 is 1.35 bits per heavy atom. The SMILES string of the molecule is CCCOCc1noc(-c2ccc3nc(N)sc3c2)n1. The van der Waals surface area contributed by atoms with Gasteiger partial charge in [0.1, 0.15) is 6.61 Å². The predicted molar refractivity (Wildman–Crippen MR) is 77.3 cm³/mol. The van der Waals surface area contributed by atoms with Crippen molar-refractivity contribution >= 4 is 26.7 Å². The number of hydrogen-bond donors (Lipinski definition) is 1. The van der Waals surface area contributed by atoms with Crippen LogP contribution in [0, 0.1) is 0 Å². The Kier molecular flexibility index (Phi) is 3.62. The molecule has 0 fully saturated rings. The van der Waals surface area contributed by atoms with E-state index in [0.717, 1.165) is 22.2 Å². The van der Waals surface area contributed by atoms with Crippen LogP contribution in [0.2, 0.25) is 0 Å². The molecule has 0 saturated carbocycles. The van der Waals surface area contributed by atoms with Gasteiger partial charge in [-0.25, -0.2) is 4.98 Å². The van der Waals surface area contributed by atoms with Crippen LogP contribution in [0.25, 0.3) is 21.7 Å². The number of rotatable bonds is 5. The molecule has 0 bridgehead atoms. The maximum Gasteiger partial charge on any atom is 0.258 e. The molecule has 2 aromatic heterocycles. The highest BCUT2D eigenvalue weighted by molar-refractivity contribution is 7.22. The predicted octanol–water partition coefficient (Wildman–Crippen LogP) is 2.86. The standard InChI is InChI=1S/C13H14N4O2S/c1-2-5-18-7-11-16-12(19-17-11)8-3-4-9-10(6-8)20-13(14)15-9/h3-4,6H,2,5,7H2,1H3,(H2,14,15). The van der Waals surface area contributed by atoms with Gasteiger partial charge in [0, 0.05) is 12.2 Å². The van der Waals surface area contributed by atoms with Crippen LogP contribution in [0.5, 0.6) is 0 Å². The van der Waals surface area contributed by atoms with Crippen molar-refractivity contribution in [3.63, 3.8) is 0 Å². The van der Waals surface area contributed by atoms with Crippen molar-refractivity contribution in [3.05, 3.63) is 24.0 Å². The van der Waals surface area contributed by atoms with Crippen molar-refractivity contribution in [2.24, 2.45) is 0 Å². The molecule has 0 aliphatic rings. The lowest BCUT2D eigenvalue weighted by atomic mass is 10.2. The van der Waals surface area contributed by atoms with E-state index in [1.807, 2.05) is 18.2 Å². The first-order valence-corrected chi connectivity index (χ1v) is 7.14. The summed E-state index contributed by atoms with van der Waals surface area (Å²) in [7, 11) is 0. The molecule has 1 aromatic carbocycles. The minimum Gasteiger partial charge on any atom is -0.375 e. The molecule has 0 atom stereocenters. The topological polar surface area (TPSA) is 87.1 Å². The fraction of sp³-hybridized carbons (Fsp3) is 0.308. The third kappa shape index (κ3) is 2.63. The summed E-state index contributed by atoms with van der Waals surface area (Å²) >= 11 is 1.44. The van der Waals surface area contributed by atoms with E-state index in [0.29, 0.717) is 30.1 Å². The molecule has 0 saturated heterocycles. The van der Waals surface area contributed by atoms with Gasteiger partial charge in [-0.1, -0.05) is 23.4 Å². The Morgan fingerprint density at radius 2 is 2.25 bits per heavy atom. The lowest BCUT2D eigenvalue weighted by Crippen LogP contribution is -1.95. The third-order valence-corrected chi connectivity index (χ3v) is 3.55. The van der Waals surface area contributed by atoms with E-state index in [9.17, 15) is 0 Å². The normalized spacial score (nSPS) is 11.2. The fourth-order valence-corrected chi connectivity index (χ4v) is 2.59. The van der Waals surface area contributed by atoms with Crippen LogP contribution in [0.15, 0.2) is 22.7 Å². The molecule has 6 nitrogen and oxygen atoms in total.